The van der Waals surface area contributed by atoms with Crippen molar-refractivity contribution in [1.29, 1.82) is 0 Å². The normalized spacial score (nSPS) is 12.9. The van der Waals surface area contributed by atoms with Crippen LogP contribution in [0.5, 0.6) is 5.75 Å². The second kappa shape index (κ2) is 8.82. The van der Waals surface area contributed by atoms with Gasteiger partial charge in [-0.3, -0.25) is 0 Å². The molecule has 27 heavy (non-hydrogen) atoms. The van der Waals surface area contributed by atoms with Gasteiger partial charge in [0.15, 0.2) is 0 Å². The van der Waals surface area contributed by atoms with E-state index in [2.05, 4.69) is 21.2 Å². The Morgan fingerprint density at radius 1 is 1.11 bits per heavy atom. The number of hydrogen-bond acceptors (Lipinski definition) is 6. The Bertz CT molecular complexity index is 693. The number of esters is 1. The molecule has 152 valence electrons. The lowest BCUT2D eigenvalue weighted by Crippen LogP contribution is -2.47. The second-order valence-electron chi connectivity index (χ2n) is 8.12. The molecule has 0 saturated carbocycles. The maximum Gasteiger partial charge on any atom is 0.408 e. The number of nitrogens with one attached hydrogen (secondary N) is 1. The van der Waals surface area contributed by atoms with Crippen LogP contribution in [0.25, 0.3) is 0 Å². The van der Waals surface area contributed by atoms with Crippen LogP contribution >= 0.6 is 15.9 Å². The van der Waals surface area contributed by atoms with E-state index in [4.69, 9.17) is 19.9 Å². The third kappa shape index (κ3) is 8.07. The Labute approximate surface area is 169 Å². The standard InChI is InChI=1S/C19H29BrN2O5/c1-18(2,3)26-16(23)14(22-17(24)27-19(4,5)6)9-11-8-13(21)12(20)10-15(11)25-7/h8,10,14H,9,21H2,1-7H3,(H,22,24)/t14-/m0/s1. The molecule has 0 saturated heterocycles. The molecular formula is C19H29BrN2O5. The highest BCUT2D eigenvalue weighted by atomic mass is 79.9. The topological polar surface area (TPSA) is 99.9 Å². The van der Waals surface area contributed by atoms with E-state index < -0.39 is 29.3 Å². The van der Waals surface area contributed by atoms with Crippen LogP contribution in [0.4, 0.5) is 10.5 Å². The number of hydrogen-bond donors (Lipinski definition) is 2. The van der Waals surface area contributed by atoms with Gasteiger partial charge in [0, 0.05) is 16.6 Å². The summed E-state index contributed by atoms with van der Waals surface area (Å²) in [6, 6.07) is 2.44. The summed E-state index contributed by atoms with van der Waals surface area (Å²) in [7, 11) is 1.52. The van der Waals surface area contributed by atoms with Crippen LogP contribution in [0.1, 0.15) is 47.1 Å². The third-order valence-electron chi connectivity index (χ3n) is 3.21. The predicted molar refractivity (Wildman–Crippen MR) is 108 cm³/mol. The summed E-state index contributed by atoms with van der Waals surface area (Å²) >= 11 is 3.34. The van der Waals surface area contributed by atoms with Crippen molar-refractivity contribution in [2.75, 3.05) is 12.8 Å². The van der Waals surface area contributed by atoms with Crippen molar-refractivity contribution in [2.45, 2.75) is 65.2 Å². The molecule has 0 aliphatic carbocycles. The van der Waals surface area contributed by atoms with E-state index in [9.17, 15) is 9.59 Å². The molecule has 1 aromatic carbocycles. The minimum absolute atomic E-state index is 0.134. The van der Waals surface area contributed by atoms with Crippen molar-refractivity contribution in [2.24, 2.45) is 0 Å². The lowest BCUT2D eigenvalue weighted by Gasteiger charge is -2.26. The van der Waals surface area contributed by atoms with Crippen molar-refractivity contribution in [1.82, 2.24) is 5.32 Å². The van der Waals surface area contributed by atoms with Crippen LogP contribution in [0.2, 0.25) is 0 Å². The number of ether oxygens (including phenoxy) is 3. The van der Waals surface area contributed by atoms with Gasteiger partial charge in [0.25, 0.3) is 0 Å². The molecule has 1 rings (SSSR count). The summed E-state index contributed by atoms with van der Waals surface area (Å²) in [6.07, 6.45) is -0.572. The minimum atomic E-state index is -0.964. The van der Waals surface area contributed by atoms with Gasteiger partial charge >= 0.3 is 12.1 Å². The number of anilines is 1. The van der Waals surface area contributed by atoms with Gasteiger partial charge in [0.1, 0.15) is 23.0 Å². The summed E-state index contributed by atoms with van der Waals surface area (Å²) in [4.78, 5) is 24.8. The van der Waals surface area contributed by atoms with Gasteiger partial charge in [0.05, 0.1) is 7.11 Å². The molecule has 0 radical (unpaired) electrons. The van der Waals surface area contributed by atoms with Crippen molar-refractivity contribution < 1.29 is 23.8 Å². The smallest absolute Gasteiger partial charge is 0.408 e. The molecular weight excluding hydrogens is 416 g/mol. The first-order valence-corrected chi connectivity index (χ1v) is 9.35. The van der Waals surface area contributed by atoms with E-state index in [1.807, 2.05) is 0 Å². The van der Waals surface area contributed by atoms with Gasteiger partial charge in [-0.25, -0.2) is 9.59 Å². The fourth-order valence-electron chi connectivity index (χ4n) is 2.20. The highest BCUT2D eigenvalue weighted by Crippen LogP contribution is 2.30. The van der Waals surface area contributed by atoms with Crippen molar-refractivity contribution in [3.8, 4) is 5.75 Å². The van der Waals surface area contributed by atoms with Crippen LogP contribution in [-0.4, -0.2) is 36.4 Å². The summed E-state index contributed by atoms with van der Waals surface area (Å²) in [5, 5.41) is 2.59. The molecule has 1 atom stereocenters. The summed E-state index contributed by atoms with van der Waals surface area (Å²) < 4.78 is 16.7. The fourth-order valence-corrected chi connectivity index (χ4v) is 2.53. The molecule has 0 bridgehead atoms. The number of methoxy groups -OCH3 is 1. The number of amides is 1. The van der Waals surface area contributed by atoms with Crippen molar-refractivity contribution in [3.05, 3.63) is 22.2 Å². The maximum absolute atomic E-state index is 12.6. The Morgan fingerprint density at radius 3 is 2.15 bits per heavy atom. The first-order chi connectivity index (χ1) is 12.2. The highest BCUT2D eigenvalue weighted by Gasteiger charge is 2.30. The maximum atomic E-state index is 12.6. The largest absolute Gasteiger partial charge is 0.496 e. The Hall–Kier alpha value is -1.96. The molecule has 8 heteroatoms. The van der Waals surface area contributed by atoms with Gasteiger partial charge in [-0.2, -0.15) is 0 Å². The van der Waals surface area contributed by atoms with Crippen LogP contribution in [0.3, 0.4) is 0 Å². The molecule has 0 aliphatic heterocycles. The van der Waals surface area contributed by atoms with Gasteiger partial charge in [-0.15, -0.1) is 0 Å². The Balaban J connectivity index is 3.13. The highest BCUT2D eigenvalue weighted by molar-refractivity contribution is 9.10. The van der Waals surface area contributed by atoms with Crippen LogP contribution < -0.4 is 15.8 Å². The number of alkyl carbamates (subject to hydrolysis) is 1. The van der Waals surface area contributed by atoms with E-state index in [1.54, 1.807) is 53.7 Å². The first-order valence-electron chi connectivity index (χ1n) is 8.56. The number of carbonyl (C=O) groups excluding carboxylic acids is 2. The molecule has 3 N–H and O–H groups in total. The molecule has 1 amide bonds. The molecule has 0 spiro atoms. The quantitative estimate of drug-likeness (QED) is 0.528. The number of rotatable bonds is 5. The SMILES string of the molecule is COc1cc(Br)c(N)cc1C[C@H](NC(=O)OC(C)(C)C)C(=O)OC(C)(C)C. The molecule has 1 aromatic rings. The van der Waals surface area contributed by atoms with Gasteiger partial charge in [0.2, 0.25) is 0 Å². The summed E-state index contributed by atoms with van der Waals surface area (Å²) in [5.41, 5.74) is 5.71. The van der Waals surface area contributed by atoms with Crippen LogP contribution in [-0.2, 0) is 20.7 Å². The number of nitrogens with two attached hydrogens (primary N) is 1. The predicted octanol–water partition coefficient (Wildman–Crippen LogP) is 3.82. The Kier molecular flexibility index (Phi) is 7.54. The molecule has 0 fully saturated rings. The number of halogens is 1. The van der Waals surface area contributed by atoms with Gasteiger partial charge in [-0.05, 0) is 75.2 Å². The number of nitrogen functional groups attached to an aromatic ring is 1. The van der Waals surface area contributed by atoms with Gasteiger partial charge in [-0.1, -0.05) is 0 Å². The number of benzene rings is 1. The molecule has 7 nitrogen and oxygen atoms in total. The van der Waals surface area contributed by atoms with Gasteiger partial charge < -0.3 is 25.3 Å². The lowest BCUT2D eigenvalue weighted by atomic mass is 10.0. The van der Waals surface area contributed by atoms with E-state index in [0.717, 1.165) is 0 Å². The van der Waals surface area contributed by atoms with Crippen LogP contribution in [0, 0.1) is 0 Å². The fraction of sp³-hybridized carbons (Fsp3) is 0.579. The molecule has 0 heterocycles. The monoisotopic (exact) mass is 444 g/mol. The van der Waals surface area contributed by atoms with Crippen molar-refractivity contribution in [3.63, 3.8) is 0 Å². The summed E-state index contributed by atoms with van der Waals surface area (Å²) in [6.45, 7) is 10.5. The Morgan fingerprint density at radius 2 is 1.67 bits per heavy atom. The number of carbonyl (C=O) groups is 2. The average Bonchev–Trinajstić information content (AvgIpc) is 2.46. The van der Waals surface area contributed by atoms with Crippen LogP contribution in [0.15, 0.2) is 16.6 Å². The minimum Gasteiger partial charge on any atom is -0.496 e. The summed E-state index contributed by atoms with van der Waals surface area (Å²) in [5.74, 6) is -0.0347. The molecule has 0 aromatic heterocycles. The van der Waals surface area contributed by atoms with Crippen molar-refractivity contribution >= 4 is 33.7 Å². The zero-order valence-corrected chi connectivity index (χ0v) is 18.5. The molecule has 0 aliphatic rings. The zero-order chi connectivity index (χ0) is 21.0. The average molecular weight is 445 g/mol. The third-order valence-corrected chi connectivity index (χ3v) is 3.89. The van der Waals surface area contributed by atoms with E-state index in [-0.39, 0.29) is 6.42 Å². The second-order valence-corrected chi connectivity index (χ2v) is 8.98. The zero-order valence-electron chi connectivity index (χ0n) is 16.9. The molecule has 0 unspecified atom stereocenters. The lowest BCUT2D eigenvalue weighted by molar-refractivity contribution is -0.157. The van der Waals surface area contributed by atoms with E-state index in [1.165, 1.54) is 7.11 Å². The first kappa shape index (κ1) is 23.1. The van der Waals surface area contributed by atoms with E-state index in [0.29, 0.717) is 21.5 Å². The van der Waals surface area contributed by atoms with E-state index >= 15 is 0 Å².